The summed E-state index contributed by atoms with van der Waals surface area (Å²) in [6.07, 6.45) is 0.629. The van der Waals surface area contributed by atoms with Gasteiger partial charge in [0.1, 0.15) is 16.3 Å². The fourth-order valence-electron chi connectivity index (χ4n) is 2.57. The SMILES string of the molecule is CC[C@@H](COC)Nc1c(Nc2ccc(Cl)c(S(=O)(=O)N(C)OC)c2O)c(=O)c1=O. The quantitative estimate of drug-likeness (QED) is 0.280. The lowest BCUT2D eigenvalue weighted by molar-refractivity contribution is -0.0259. The molecule has 2 aromatic rings. The van der Waals surface area contributed by atoms with Gasteiger partial charge in [-0.2, -0.15) is 0 Å². The maximum atomic E-state index is 12.5. The second-order valence-corrected chi connectivity index (χ2v) is 8.39. The fourth-order valence-corrected chi connectivity index (χ4v) is 4.14. The maximum Gasteiger partial charge on any atom is 0.269 e. The predicted octanol–water partition coefficient (Wildman–Crippen LogP) is 1.40. The highest BCUT2D eigenvalue weighted by molar-refractivity contribution is 7.89. The van der Waals surface area contributed by atoms with E-state index in [0.29, 0.717) is 17.5 Å². The summed E-state index contributed by atoms with van der Waals surface area (Å²) in [5.74, 6) is -0.718. The van der Waals surface area contributed by atoms with Crippen molar-refractivity contribution in [3.05, 3.63) is 37.6 Å². The van der Waals surface area contributed by atoms with Crippen LogP contribution in [0.5, 0.6) is 5.75 Å². The Morgan fingerprint density at radius 3 is 2.38 bits per heavy atom. The Morgan fingerprint density at radius 1 is 1.21 bits per heavy atom. The van der Waals surface area contributed by atoms with Crippen molar-refractivity contribution in [3.63, 3.8) is 0 Å². The highest BCUT2D eigenvalue weighted by Crippen LogP contribution is 2.39. The maximum absolute atomic E-state index is 12.5. The topological polar surface area (TPSA) is 134 Å². The van der Waals surface area contributed by atoms with E-state index in [1.807, 2.05) is 6.92 Å². The van der Waals surface area contributed by atoms with Gasteiger partial charge in [0.15, 0.2) is 5.75 Å². The van der Waals surface area contributed by atoms with Crippen LogP contribution in [0.3, 0.4) is 0 Å². The van der Waals surface area contributed by atoms with Crippen LogP contribution in [-0.2, 0) is 19.6 Å². The number of nitrogens with one attached hydrogen (secondary N) is 2. The van der Waals surface area contributed by atoms with Crippen LogP contribution < -0.4 is 21.5 Å². The zero-order chi connectivity index (χ0) is 21.9. The van der Waals surface area contributed by atoms with Gasteiger partial charge in [0.2, 0.25) is 0 Å². The molecule has 160 valence electrons. The van der Waals surface area contributed by atoms with Crippen LogP contribution in [0.4, 0.5) is 17.1 Å². The van der Waals surface area contributed by atoms with Crippen LogP contribution >= 0.6 is 11.6 Å². The number of nitrogens with zero attached hydrogens (tertiary/aromatic N) is 1. The molecule has 10 nitrogen and oxygen atoms in total. The van der Waals surface area contributed by atoms with Gasteiger partial charge in [-0.15, -0.1) is 0 Å². The molecule has 0 aliphatic carbocycles. The highest BCUT2D eigenvalue weighted by atomic mass is 35.5. The Hall–Kier alpha value is -2.18. The van der Waals surface area contributed by atoms with Crippen LogP contribution in [0.25, 0.3) is 0 Å². The molecule has 0 amide bonds. The molecule has 0 aliphatic heterocycles. The average molecular weight is 448 g/mol. The summed E-state index contributed by atoms with van der Waals surface area (Å²) in [6, 6.07) is 2.31. The summed E-state index contributed by atoms with van der Waals surface area (Å²) in [4.78, 5) is 28.1. The van der Waals surface area contributed by atoms with E-state index in [1.165, 1.54) is 19.2 Å². The summed E-state index contributed by atoms with van der Waals surface area (Å²) >= 11 is 5.97. The number of rotatable bonds is 10. The van der Waals surface area contributed by atoms with Gasteiger partial charge in [0.05, 0.1) is 24.4 Å². The monoisotopic (exact) mass is 447 g/mol. The average Bonchev–Trinajstić information content (AvgIpc) is 2.69. The first-order valence-electron chi connectivity index (χ1n) is 8.50. The van der Waals surface area contributed by atoms with Crippen molar-refractivity contribution in [2.75, 3.05) is 38.5 Å². The largest absolute Gasteiger partial charge is 0.504 e. The number of hydrogen-bond donors (Lipinski definition) is 3. The van der Waals surface area contributed by atoms with Crippen LogP contribution in [0.15, 0.2) is 26.6 Å². The number of halogens is 1. The van der Waals surface area contributed by atoms with E-state index in [9.17, 15) is 23.1 Å². The number of hydroxylamine groups is 1. The molecular weight excluding hydrogens is 426 g/mol. The molecule has 0 saturated carbocycles. The molecule has 1 atom stereocenters. The van der Waals surface area contributed by atoms with E-state index < -0.39 is 31.5 Å². The van der Waals surface area contributed by atoms with Gasteiger partial charge < -0.3 is 20.5 Å². The molecule has 2 aromatic carbocycles. The molecule has 3 N–H and O–H groups in total. The van der Waals surface area contributed by atoms with E-state index in [-0.39, 0.29) is 28.1 Å². The number of hydrogen-bond acceptors (Lipinski definition) is 9. The zero-order valence-corrected chi connectivity index (χ0v) is 17.8. The first-order chi connectivity index (χ1) is 13.6. The van der Waals surface area contributed by atoms with E-state index >= 15 is 0 Å². The first-order valence-corrected chi connectivity index (χ1v) is 10.3. The lowest BCUT2D eigenvalue weighted by atomic mass is 10.1. The van der Waals surface area contributed by atoms with Crippen LogP contribution in [0, 0.1) is 0 Å². The molecule has 29 heavy (non-hydrogen) atoms. The molecule has 12 heteroatoms. The minimum absolute atomic E-state index is 0.0340. The molecule has 0 bridgehead atoms. The van der Waals surface area contributed by atoms with E-state index in [1.54, 1.807) is 0 Å². The molecule has 0 radical (unpaired) electrons. The van der Waals surface area contributed by atoms with Gasteiger partial charge in [-0.1, -0.05) is 23.0 Å². The molecule has 2 rings (SSSR count). The highest BCUT2D eigenvalue weighted by Gasteiger charge is 2.30. The minimum Gasteiger partial charge on any atom is -0.504 e. The third-order valence-electron chi connectivity index (χ3n) is 4.32. The Kier molecular flexibility index (Phi) is 7.25. The van der Waals surface area contributed by atoms with Crippen molar-refractivity contribution in [3.8, 4) is 5.75 Å². The van der Waals surface area contributed by atoms with Gasteiger partial charge in [-0.3, -0.25) is 14.4 Å². The molecule has 0 saturated heterocycles. The fraction of sp³-hybridized carbons (Fsp3) is 0.412. The summed E-state index contributed by atoms with van der Waals surface area (Å²) < 4.78 is 30.7. The minimum atomic E-state index is -4.28. The molecule has 0 spiro atoms. The number of benzene rings is 1. The van der Waals surface area contributed by atoms with Crippen molar-refractivity contribution in [1.82, 2.24) is 4.47 Å². The summed E-state index contributed by atoms with van der Waals surface area (Å²) in [5, 5.41) is 15.8. The standard InChI is InChI=1S/C17H22ClN3O7S/c1-5-9(8-27-3)19-12-13(16(24)15(12)23)20-11-7-6-10(18)17(14(11)22)29(25,26)21(2)28-4/h6-7,9,19-20,22H,5,8H2,1-4H3/t9-/m0/s1. The predicted molar refractivity (Wildman–Crippen MR) is 109 cm³/mol. The van der Waals surface area contributed by atoms with E-state index in [2.05, 4.69) is 15.5 Å². The van der Waals surface area contributed by atoms with Crippen molar-refractivity contribution in [1.29, 1.82) is 0 Å². The Labute approximate surface area is 172 Å². The second-order valence-electron chi connectivity index (χ2n) is 6.11. The normalized spacial score (nSPS) is 13.0. The van der Waals surface area contributed by atoms with Crippen molar-refractivity contribution < 1.29 is 23.1 Å². The number of phenols is 1. The Balaban J connectivity index is 2.45. The Morgan fingerprint density at radius 2 is 1.83 bits per heavy atom. The molecule has 0 heterocycles. The number of phenolic OH excluding ortho intramolecular Hbond substituents is 1. The Bertz CT molecular complexity index is 1060. The number of aromatic hydroxyl groups is 1. The molecule has 0 unspecified atom stereocenters. The smallest absolute Gasteiger partial charge is 0.269 e. The van der Waals surface area contributed by atoms with Crippen molar-refractivity contribution >= 4 is 38.7 Å². The second kappa shape index (κ2) is 9.09. The van der Waals surface area contributed by atoms with Gasteiger partial charge in [0.25, 0.3) is 20.9 Å². The van der Waals surface area contributed by atoms with Crippen molar-refractivity contribution in [2.45, 2.75) is 24.3 Å². The van der Waals surface area contributed by atoms with Crippen molar-refractivity contribution in [2.24, 2.45) is 0 Å². The molecular formula is C17H22ClN3O7S. The van der Waals surface area contributed by atoms with E-state index in [4.69, 9.17) is 16.3 Å². The molecule has 0 aliphatic rings. The zero-order valence-electron chi connectivity index (χ0n) is 16.3. The number of methoxy groups -OCH3 is 1. The summed E-state index contributed by atoms with van der Waals surface area (Å²) in [6.45, 7) is 2.19. The number of sulfonamides is 1. The van der Waals surface area contributed by atoms with Gasteiger partial charge in [-0.05, 0) is 18.6 Å². The van der Waals surface area contributed by atoms with Gasteiger partial charge in [-0.25, -0.2) is 8.42 Å². The first kappa shape index (κ1) is 23.1. The lowest BCUT2D eigenvalue weighted by Gasteiger charge is -2.22. The lowest BCUT2D eigenvalue weighted by Crippen LogP contribution is -2.40. The van der Waals surface area contributed by atoms with E-state index in [0.717, 1.165) is 14.2 Å². The van der Waals surface area contributed by atoms with Gasteiger partial charge in [0, 0.05) is 20.2 Å². The third-order valence-corrected chi connectivity index (χ3v) is 6.50. The summed E-state index contributed by atoms with van der Waals surface area (Å²) in [5.41, 5.74) is -1.69. The van der Waals surface area contributed by atoms with Gasteiger partial charge >= 0.3 is 0 Å². The van der Waals surface area contributed by atoms with Crippen LogP contribution in [-0.4, -0.2) is 51.9 Å². The molecule has 0 aromatic heterocycles. The van der Waals surface area contributed by atoms with Crippen LogP contribution in [0.1, 0.15) is 13.3 Å². The summed E-state index contributed by atoms with van der Waals surface area (Å²) in [7, 11) is -0.502. The molecule has 0 fully saturated rings. The third kappa shape index (κ3) is 4.38. The number of anilines is 3. The number of ether oxygens (including phenoxy) is 1. The van der Waals surface area contributed by atoms with Crippen LogP contribution in [0.2, 0.25) is 5.02 Å².